The van der Waals surface area contributed by atoms with Crippen LogP contribution in [0.5, 0.6) is 0 Å². The lowest BCUT2D eigenvalue weighted by Crippen LogP contribution is -2.46. The average Bonchev–Trinajstić information content (AvgIpc) is 3.15. The standard InChI is InChI=1S/C14H24N4O2S/c1-10-4-3-7-18(11(10)2)21(19,20)14-12(9-16-17-14)8-15-13-5-6-13/h9-11,13,15H,3-8H2,1-2H3,(H,16,17). The van der Waals surface area contributed by atoms with E-state index in [1.165, 1.54) is 12.8 Å². The Balaban J connectivity index is 1.82. The third kappa shape index (κ3) is 3.00. The van der Waals surface area contributed by atoms with Gasteiger partial charge in [-0.3, -0.25) is 5.10 Å². The molecule has 2 heterocycles. The molecule has 1 saturated carbocycles. The van der Waals surface area contributed by atoms with Crippen LogP contribution in [-0.2, 0) is 16.6 Å². The van der Waals surface area contributed by atoms with Gasteiger partial charge in [0.15, 0.2) is 5.03 Å². The van der Waals surface area contributed by atoms with Crippen molar-refractivity contribution in [3.63, 3.8) is 0 Å². The first-order chi connectivity index (χ1) is 10.00. The molecule has 2 unspecified atom stereocenters. The van der Waals surface area contributed by atoms with Gasteiger partial charge in [-0.05, 0) is 38.5 Å². The molecule has 1 aromatic heterocycles. The van der Waals surface area contributed by atoms with Crippen LogP contribution in [0.15, 0.2) is 11.2 Å². The van der Waals surface area contributed by atoms with E-state index in [-0.39, 0.29) is 11.1 Å². The van der Waals surface area contributed by atoms with E-state index in [1.807, 2.05) is 6.92 Å². The molecule has 1 aliphatic carbocycles. The highest BCUT2D eigenvalue weighted by Gasteiger charge is 2.36. The monoisotopic (exact) mass is 312 g/mol. The SMILES string of the molecule is CC1CCCN(S(=O)(=O)c2[nH]ncc2CNC2CC2)C1C. The Bertz CT molecular complexity index is 594. The molecule has 1 aromatic rings. The van der Waals surface area contributed by atoms with Crippen LogP contribution in [0.2, 0.25) is 0 Å². The Morgan fingerprint density at radius 3 is 2.86 bits per heavy atom. The minimum absolute atomic E-state index is 0.0382. The van der Waals surface area contributed by atoms with Gasteiger partial charge >= 0.3 is 0 Å². The van der Waals surface area contributed by atoms with Crippen molar-refractivity contribution in [1.29, 1.82) is 0 Å². The average molecular weight is 312 g/mol. The number of H-pyrrole nitrogens is 1. The molecule has 6 nitrogen and oxygen atoms in total. The topological polar surface area (TPSA) is 78.1 Å². The van der Waals surface area contributed by atoms with Crippen molar-refractivity contribution in [2.24, 2.45) is 5.92 Å². The third-order valence-electron chi connectivity index (χ3n) is 4.72. The number of aromatic amines is 1. The highest BCUT2D eigenvalue weighted by atomic mass is 32.2. The molecule has 2 atom stereocenters. The summed E-state index contributed by atoms with van der Waals surface area (Å²) in [5.74, 6) is 0.393. The molecular weight excluding hydrogens is 288 g/mol. The van der Waals surface area contributed by atoms with Crippen LogP contribution in [0.1, 0.15) is 45.1 Å². The van der Waals surface area contributed by atoms with Crippen molar-refractivity contribution in [2.75, 3.05) is 6.54 Å². The van der Waals surface area contributed by atoms with Crippen molar-refractivity contribution in [3.05, 3.63) is 11.8 Å². The van der Waals surface area contributed by atoms with E-state index in [0.29, 0.717) is 25.0 Å². The molecule has 0 aromatic carbocycles. The predicted octanol–water partition coefficient (Wildman–Crippen LogP) is 1.47. The summed E-state index contributed by atoms with van der Waals surface area (Å²) in [6.07, 6.45) is 6.00. The molecule has 0 radical (unpaired) electrons. The fourth-order valence-electron chi connectivity index (χ4n) is 2.94. The Morgan fingerprint density at radius 1 is 1.38 bits per heavy atom. The smallest absolute Gasteiger partial charge is 0.260 e. The van der Waals surface area contributed by atoms with Gasteiger partial charge in [0.05, 0.1) is 6.20 Å². The van der Waals surface area contributed by atoms with E-state index in [1.54, 1.807) is 10.5 Å². The summed E-state index contributed by atoms with van der Waals surface area (Å²) in [6.45, 7) is 5.28. The van der Waals surface area contributed by atoms with Crippen molar-refractivity contribution in [2.45, 2.75) is 63.2 Å². The van der Waals surface area contributed by atoms with Crippen molar-refractivity contribution < 1.29 is 8.42 Å². The largest absolute Gasteiger partial charge is 0.310 e. The zero-order valence-electron chi connectivity index (χ0n) is 12.7. The summed E-state index contributed by atoms with van der Waals surface area (Å²) in [5, 5.41) is 10.3. The summed E-state index contributed by atoms with van der Waals surface area (Å²) < 4.78 is 27.5. The van der Waals surface area contributed by atoms with Crippen molar-refractivity contribution in [3.8, 4) is 0 Å². The van der Waals surface area contributed by atoms with E-state index in [2.05, 4.69) is 22.4 Å². The lowest BCUT2D eigenvalue weighted by Gasteiger charge is -2.36. The molecule has 0 amide bonds. The maximum absolute atomic E-state index is 12.9. The van der Waals surface area contributed by atoms with Crippen LogP contribution in [0.25, 0.3) is 0 Å². The number of hydrogen-bond donors (Lipinski definition) is 2. The van der Waals surface area contributed by atoms with Gasteiger partial charge in [0, 0.05) is 30.7 Å². The van der Waals surface area contributed by atoms with Crippen molar-refractivity contribution in [1.82, 2.24) is 19.8 Å². The molecule has 7 heteroatoms. The highest BCUT2D eigenvalue weighted by Crippen LogP contribution is 2.29. The zero-order valence-corrected chi connectivity index (χ0v) is 13.5. The second-order valence-corrected chi connectivity index (χ2v) is 8.18. The quantitative estimate of drug-likeness (QED) is 0.863. The fraction of sp³-hybridized carbons (Fsp3) is 0.786. The Hall–Kier alpha value is -0.920. The number of sulfonamides is 1. The fourth-order valence-corrected chi connectivity index (χ4v) is 4.82. The summed E-state index contributed by atoms with van der Waals surface area (Å²) in [5.41, 5.74) is 0.743. The Kier molecular flexibility index (Phi) is 4.07. The van der Waals surface area contributed by atoms with Gasteiger partial charge in [0.1, 0.15) is 0 Å². The second kappa shape index (κ2) is 5.70. The zero-order chi connectivity index (χ0) is 15.0. The van der Waals surface area contributed by atoms with Gasteiger partial charge in [0.25, 0.3) is 10.0 Å². The summed E-state index contributed by atoms with van der Waals surface area (Å²) in [6, 6.07) is 0.584. The van der Waals surface area contributed by atoms with Crippen LogP contribution in [0.4, 0.5) is 0 Å². The Labute approximate surface area is 126 Å². The van der Waals surface area contributed by atoms with Crippen LogP contribution in [-0.4, -0.2) is 41.5 Å². The highest BCUT2D eigenvalue weighted by molar-refractivity contribution is 7.89. The molecule has 0 spiro atoms. The molecule has 0 bridgehead atoms. The van der Waals surface area contributed by atoms with E-state index < -0.39 is 10.0 Å². The molecular formula is C14H24N4O2S. The minimum atomic E-state index is -3.48. The van der Waals surface area contributed by atoms with Crippen LogP contribution < -0.4 is 5.32 Å². The molecule has 2 fully saturated rings. The number of aromatic nitrogens is 2. The van der Waals surface area contributed by atoms with E-state index in [0.717, 1.165) is 18.4 Å². The normalized spacial score (nSPS) is 27.9. The van der Waals surface area contributed by atoms with Gasteiger partial charge < -0.3 is 5.32 Å². The molecule has 118 valence electrons. The van der Waals surface area contributed by atoms with Crippen molar-refractivity contribution >= 4 is 10.0 Å². The van der Waals surface area contributed by atoms with Gasteiger partial charge in [0.2, 0.25) is 0 Å². The molecule has 21 heavy (non-hydrogen) atoms. The summed E-state index contributed by atoms with van der Waals surface area (Å²) in [4.78, 5) is 0. The predicted molar refractivity (Wildman–Crippen MR) is 80.2 cm³/mol. The summed E-state index contributed by atoms with van der Waals surface area (Å²) in [7, 11) is -3.48. The van der Waals surface area contributed by atoms with Crippen LogP contribution >= 0.6 is 0 Å². The molecule has 3 rings (SSSR count). The lowest BCUT2D eigenvalue weighted by molar-refractivity contribution is 0.201. The number of hydrogen-bond acceptors (Lipinski definition) is 4. The summed E-state index contributed by atoms with van der Waals surface area (Å²) >= 11 is 0. The third-order valence-corrected chi connectivity index (χ3v) is 6.72. The molecule has 2 aliphatic rings. The Morgan fingerprint density at radius 2 is 2.14 bits per heavy atom. The number of piperidine rings is 1. The lowest BCUT2D eigenvalue weighted by atomic mass is 9.94. The first-order valence-corrected chi connectivity index (χ1v) is 9.21. The van der Waals surface area contributed by atoms with Gasteiger partial charge in [-0.15, -0.1) is 0 Å². The van der Waals surface area contributed by atoms with Gasteiger partial charge in [-0.2, -0.15) is 9.40 Å². The van der Waals surface area contributed by atoms with Gasteiger partial charge in [-0.25, -0.2) is 8.42 Å². The minimum Gasteiger partial charge on any atom is -0.310 e. The number of nitrogens with one attached hydrogen (secondary N) is 2. The van der Waals surface area contributed by atoms with Crippen LogP contribution in [0.3, 0.4) is 0 Å². The van der Waals surface area contributed by atoms with E-state index >= 15 is 0 Å². The second-order valence-electron chi connectivity index (χ2n) is 6.36. The first-order valence-electron chi connectivity index (χ1n) is 7.77. The molecule has 1 aliphatic heterocycles. The van der Waals surface area contributed by atoms with E-state index in [4.69, 9.17) is 0 Å². The first kappa shape index (κ1) is 15.0. The molecule has 1 saturated heterocycles. The van der Waals surface area contributed by atoms with Gasteiger partial charge in [-0.1, -0.05) is 6.92 Å². The number of nitrogens with zero attached hydrogens (tertiary/aromatic N) is 2. The van der Waals surface area contributed by atoms with E-state index in [9.17, 15) is 8.42 Å². The maximum Gasteiger partial charge on any atom is 0.260 e. The maximum atomic E-state index is 12.9. The van der Waals surface area contributed by atoms with Crippen LogP contribution in [0, 0.1) is 5.92 Å². The number of rotatable bonds is 5. The molecule has 2 N–H and O–H groups in total.